The number of hydrogen-bond acceptors (Lipinski definition) is 4. The first-order valence-electron chi connectivity index (χ1n) is 6.53. The average molecular weight is 254 g/mol. The van der Waals surface area contributed by atoms with Crippen LogP contribution in [0.15, 0.2) is 11.6 Å². The Bertz CT molecular complexity index is 318. The minimum Gasteiger partial charge on any atom is -0.389 e. The molecule has 1 saturated carbocycles. The van der Waals surface area contributed by atoms with E-state index in [-0.39, 0.29) is 0 Å². The standard InChI is InChI=1S/C13H22N2OS/c1-2-11-3-5-13(16,6-4-11)10-14-9-12-15-7-8-17-12/h7-8,11,14,16H,2-6,9-10H2,1H3. The summed E-state index contributed by atoms with van der Waals surface area (Å²) in [4.78, 5) is 4.22. The van der Waals surface area contributed by atoms with Gasteiger partial charge in [0.1, 0.15) is 5.01 Å². The summed E-state index contributed by atoms with van der Waals surface area (Å²) in [5.41, 5.74) is -0.483. The number of hydrogen-bond donors (Lipinski definition) is 2. The van der Waals surface area contributed by atoms with Crippen LogP contribution in [0.5, 0.6) is 0 Å². The maximum absolute atomic E-state index is 10.4. The summed E-state index contributed by atoms with van der Waals surface area (Å²) in [6.45, 7) is 3.72. The van der Waals surface area contributed by atoms with Crippen molar-refractivity contribution in [3.8, 4) is 0 Å². The average Bonchev–Trinajstić information content (AvgIpc) is 2.83. The fraction of sp³-hybridized carbons (Fsp3) is 0.769. The molecule has 0 aliphatic heterocycles. The zero-order valence-corrected chi connectivity index (χ0v) is 11.3. The molecular formula is C13H22N2OS. The van der Waals surface area contributed by atoms with Gasteiger partial charge >= 0.3 is 0 Å². The summed E-state index contributed by atoms with van der Waals surface area (Å²) in [5, 5.41) is 16.8. The molecule has 1 aliphatic rings. The fourth-order valence-electron chi connectivity index (χ4n) is 2.54. The predicted octanol–water partition coefficient (Wildman–Crippen LogP) is 2.56. The molecule has 1 heterocycles. The van der Waals surface area contributed by atoms with Gasteiger partial charge in [-0.1, -0.05) is 13.3 Å². The molecule has 0 saturated heterocycles. The minimum absolute atomic E-state index is 0.483. The van der Waals surface area contributed by atoms with Gasteiger partial charge in [0.05, 0.1) is 5.60 Å². The van der Waals surface area contributed by atoms with Crippen molar-refractivity contribution in [2.75, 3.05) is 6.54 Å². The SMILES string of the molecule is CCC1CCC(O)(CNCc2nccs2)CC1. The van der Waals surface area contributed by atoms with Crippen LogP contribution in [-0.2, 0) is 6.54 Å². The van der Waals surface area contributed by atoms with Gasteiger partial charge in [-0.25, -0.2) is 4.98 Å². The molecule has 1 fully saturated rings. The Labute approximate surface area is 107 Å². The lowest BCUT2D eigenvalue weighted by Crippen LogP contribution is -2.43. The summed E-state index contributed by atoms with van der Waals surface area (Å²) in [7, 11) is 0. The van der Waals surface area contributed by atoms with Crippen LogP contribution in [0.3, 0.4) is 0 Å². The molecule has 17 heavy (non-hydrogen) atoms. The van der Waals surface area contributed by atoms with E-state index in [1.54, 1.807) is 11.3 Å². The molecule has 0 aromatic carbocycles. The zero-order chi connectivity index (χ0) is 12.1. The third-order valence-corrected chi connectivity index (χ3v) is 4.61. The first-order valence-corrected chi connectivity index (χ1v) is 7.41. The van der Waals surface area contributed by atoms with E-state index in [1.807, 2.05) is 11.6 Å². The molecule has 2 rings (SSSR count). The van der Waals surface area contributed by atoms with Gasteiger partial charge in [0.25, 0.3) is 0 Å². The second-order valence-electron chi connectivity index (χ2n) is 5.11. The number of nitrogens with zero attached hydrogens (tertiary/aromatic N) is 1. The van der Waals surface area contributed by atoms with Crippen LogP contribution >= 0.6 is 11.3 Å². The van der Waals surface area contributed by atoms with E-state index in [2.05, 4.69) is 17.2 Å². The molecule has 0 bridgehead atoms. The summed E-state index contributed by atoms with van der Waals surface area (Å²) in [6.07, 6.45) is 7.30. The zero-order valence-electron chi connectivity index (χ0n) is 10.5. The van der Waals surface area contributed by atoms with Crippen LogP contribution in [0.25, 0.3) is 0 Å². The van der Waals surface area contributed by atoms with E-state index in [1.165, 1.54) is 19.3 Å². The van der Waals surface area contributed by atoms with Gasteiger partial charge in [-0.05, 0) is 31.6 Å². The summed E-state index contributed by atoms with van der Waals surface area (Å²) in [5.74, 6) is 0.828. The lowest BCUT2D eigenvalue weighted by atomic mass is 9.78. The van der Waals surface area contributed by atoms with Crippen molar-refractivity contribution >= 4 is 11.3 Å². The number of thiazole rings is 1. The molecule has 3 nitrogen and oxygen atoms in total. The van der Waals surface area contributed by atoms with Crippen LogP contribution < -0.4 is 5.32 Å². The Morgan fingerprint density at radius 2 is 2.29 bits per heavy atom. The number of aromatic nitrogens is 1. The third-order valence-electron chi connectivity index (χ3n) is 3.83. The molecule has 1 aliphatic carbocycles. The molecule has 0 amide bonds. The monoisotopic (exact) mass is 254 g/mol. The second kappa shape index (κ2) is 5.94. The Morgan fingerprint density at radius 3 is 2.88 bits per heavy atom. The molecule has 0 unspecified atom stereocenters. The second-order valence-corrected chi connectivity index (χ2v) is 6.08. The van der Waals surface area contributed by atoms with Crippen LogP contribution in [0.4, 0.5) is 0 Å². The lowest BCUT2D eigenvalue weighted by Gasteiger charge is -2.35. The van der Waals surface area contributed by atoms with Crippen molar-refractivity contribution in [3.63, 3.8) is 0 Å². The van der Waals surface area contributed by atoms with Crippen molar-refractivity contribution in [3.05, 3.63) is 16.6 Å². The van der Waals surface area contributed by atoms with Gasteiger partial charge in [0.2, 0.25) is 0 Å². The van der Waals surface area contributed by atoms with Crippen molar-refractivity contribution in [1.29, 1.82) is 0 Å². The Hall–Kier alpha value is -0.450. The third kappa shape index (κ3) is 3.76. The van der Waals surface area contributed by atoms with Gasteiger partial charge in [-0.3, -0.25) is 0 Å². The molecule has 96 valence electrons. The van der Waals surface area contributed by atoms with Crippen molar-refractivity contribution < 1.29 is 5.11 Å². The summed E-state index contributed by atoms with van der Waals surface area (Å²) >= 11 is 1.66. The van der Waals surface area contributed by atoms with Crippen molar-refractivity contribution in [2.45, 2.75) is 51.2 Å². The smallest absolute Gasteiger partial charge is 0.106 e. The highest BCUT2D eigenvalue weighted by Gasteiger charge is 2.32. The van der Waals surface area contributed by atoms with Crippen LogP contribution in [0.2, 0.25) is 0 Å². The van der Waals surface area contributed by atoms with E-state index in [0.717, 1.165) is 30.3 Å². The number of rotatable bonds is 5. The van der Waals surface area contributed by atoms with Crippen molar-refractivity contribution in [1.82, 2.24) is 10.3 Å². The Morgan fingerprint density at radius 1 is 1.53 bits per heavy atom. The highest BCUT2D eigenvalue weighted by molar-refractivity contribution is 7.09. The molecule has 0 spiro atoms. The van der Waals surface area contributed by atoms with Gasteiger partial charge < -0.3 is 10.4 Å². The highest BCUT2D eigenvalue weighted by Crippen LogP contribution is 2.33. The van der Waals surface area contributed by atoms with E-state index in [0.29, 0.717) is 6.54 Å². The number of nitrogens with one attached hydrogen (secondary N) is 1. The van der Waals surface area contributed by atoms with Crippen LogP contribution in [0.1, 0.15) is 44.0 Å². The molecule has 2 N–H and O–H groups in total. The topological polar surface area (TPSA) is 45.1 Å². The normalized spacial score (nSPS) is 29.4. The molecule has 1 aromatic heterocycles. The summed E-state index contributed by atoms with van der Waals surface area (Å²) in [6, 6.07) is 0. The van der Waals surface area contributed by atoms with Crippen molar-refractivity contribution in [2.24, 2.45) is 5.92 Å². The maximum Gasteiger partial charge on any atom is 0.106 e. The molecule has 1 aromatic rings. The fourth-order valence-corrected chi connectivity index (χ4v) is 3.13. The highest BCUT2D eigenvalue weighted by atomic mass is 32.1. The van der Waals surface area contributed by atoms with Gasteiger partial charge in [0, 0.05) is 24.7 Å². The van der Waals surface area contributed by atoms with E-state index >= 15 is 0 Å². The first kappa shape index (κ1) is 13.0. The summed E-state index contributed by atoms with van der Waals surface area (Å²) < 4.78 is 0. The van der Waals surface area contributed by atoms with Crippen LogP contribution in [0, 0.1) is 5.92 Å². The molecule has 0 radical (unpaired) electrons. The maximum atomic E-state index is 10.4. The van der Waals surface area contributed by atoms with Gasteiger partial charge in [-0.2, -0.15) is 0 Å². The van der Waals surface area contributed by atoms with Gasteiger partial charge in [0.15, 0.2) is 0 Å². The molecule has 4 heteroatoms. The van der Waals surface area contributed by atoms with E-state index < -0.39 is 5.60 Å². The number of aliphatic hydroxyl groups is 1. The lowest BCUT2D eigenvalue weighted by molar-refractivity contribution is -0.00881. The molecular weight excluding hydrogens is 232 g/mol. The quantitative estimate of drug-likeness (QED) is 0.849. The van der Waals surface area contributed by atoms with Crippen LogP contribution in [-0.4, -0.2) is 22.2 Å². The van der Waals surface area contributed by atoms with Gasteiger partial charge in [-0.15, -0.1) is 11.3 Å². The largest absolute Gasteiger partial charge is 0.389 e. The van der Waals surface area contributed by atoms with E-state index in [4.69, 9.17) is 0 Å². The minimum atomic E-state index is -0.483. The molecule has 0 atom stereocenters. The predicted molar refractivity (Wildman–Crippen MR) is 71.0 cm³/mol. The van der Waals surface area contributed by atoms with E-state index in [9.17, 15) is 5.11 Å². The Kier molecular flexibility index (Phi) is 4.54. The first-order chi connectivity index (χ1) is 8.22. The Balaban J connectivity index is 1.71.